The van der Waals surface area contributed by atoms with Crippen molar-refractivity contribution in [1.29, 1.82) is 0 Å². The van der Waals surface area contributed by atoms with Crippen LogP contribution in [-0.2, 0) is 16.0 Å². The molecule has 1 aromatic heterocycles. The lowest BCUT2D eigenvalue weighted by Gasteiger charge is -2.09. The highest BCUT2D eigenvalue weighted by molar-refractivity contribution is 6.02. The van der Waals surface area contributed by atoms with E-state index in [1.807, 2.05) is 30.3 Å². The highest BCUT2D eigenvalue weighted by atomic mass is 16.2. The Hall–Kier alpha value is -3.68. The summed E-state index contributed by atoms with van der Waals surface area (Å²) in [5, 5.41) is 9.85. The molecule has 0 bridgehead atoms. The number of aryl methyl sites for hydroxylation is 1. The van der Waals surface area contributed by atoms with Gasteiger partial charge in [0, 0.05) is 6.42 Å². The molecule has 2 amide bonds. The van der Waals surface area contributed by atoms with Gasteiger partial charge in [-0.15, -0.1) is 0 Å². The molecule has 2 aromatic carbocycles. The Morgan fingerprint density at radius 1 is 0.857 bits per heavy atom. The maximum absolute atomic E-state index is 12.1. The Bertz CT molecular complexity index is 1100. The van der Waals surface area contributed by atoms with E-state index < -0.39 is 17.0 Å². The first-order chi connectivity index (χ1) is 13.5. The normalized spacial score (nSPS) is 10.6. The monoisotopic (exact) mass is 380 g/mol. The Balaban J connectivity index is 1.53. The molecule has 28 heavy (non-hydrogen) atoms. The zero-order valence-corrected chi connectivity index (χ0v) is 15.1. The van der Waals surface area contributed by atoms with Crippen molar-refractivity contribution < 1.29 is 9.59 Å². The molecule has 1 heterocycles. The number of aromatic nitrogens is 2. The average Bonchev–Trinajstić information content (AvgIpc) is 2.70. The van der Waals surface area contributed by atoms with Gasteiger partial charge in [-0.2, -0.15) is 0 Å². The molecule has 0 radical (unpaired) electrons. The Labute approximate surface area is 160 Å². The fourth-order valence-electron chi connectivity index (χ4n) is 2.89. The largest absolute Gasteiger partial charge is 0.347 e. The smallest absolute Gasteiger partial charge is 0.272 e. The highest BCUT2D eigenvalue weighted by Crippen LogP contribution is 2.16. The summed E-state index contributed by atoms with van der Waals surface area (Å²) in [6, 6.07) is 14.4. The van der Waals surface area contributed by atoms with E-state index in [9.17, 15) is 19.2 Å². The lowest BCUT2D eigenvalue weighted by atomic mass is 10.1. The first kappa shape index (κ1) is 19.1. The lowest BCUT2D eigenvalue weighted by Crippen LogP contribution is -2.33. The van der Waals surface area contributed by atoms with Crippen molar-refractivity contribution in [1.82, 2.24) is 15.5 Å². The summed E-state index contributed by atoms with van der Waals surface area (Å²) < 4.78 is 0. The summed E-state index contributed by atoms with van der Waals surface area (Å²) >= 11 is 0. The number of amides is 2. The summed E-state index contributed by atoms with van der Waals surface area (Å²) in [5.74, 6) is -0.707. The van der Waals surface area contributed by atoms with Gasteiger partial charge in [0.05, 0.1) is 23.0 Å². The molecule has 0 unspecified atom stereocenters. The molecule has 0 atom stereocenters. The molecule has 0 aliphatic rings. The predicted molar refractivity (Wildman–Crippen MR) is 106 cm³/mol. The van der Waals surface area contributed by atoms with Crippen molar-refractivity contribution >= 4 is 28.3 Å². The molecule has 144 valence electrons. The van der Waals surface area contributed by atoms with Gasteiger partial charge in [-0.25, -0.2) is 0 Å². The number of anilines is 1. The van der Waals surface area contributed by atoms with Crippen LogP contribution in [-0.4, -0.2) is 28.6 Å². The zero-order chi connectivity index (χ0) is 19.9. The van der Waals surface area contributed by atoms with Crippen LogP contribution in [0, 0.1) is 0 Å². The quantitative estimate of drug-likeness (QED) is 0.493. The molecule has 3 rings (SSSR count). The van der Waals surface area contributed by atoms with E-state index in [4.69, 9.17) is 0 Å². The molecule has 4 N–H and O–H groups in total. The van der Waals surface area contributed by atoms with Crippen LogP contribution in [0.2, 0.25) is 0 Å². The van der Waals surface area contributed by atoms with Crippen LogP contribution in [0.25, 0.3) is 10.8 Å². The van der Waals surface area contributed by atoms with Gasteiger partial charge in [-0.3, -0.25) is 29.4 Å². The van der Waals surface area contributed by atoms with Crippen LogP contribution in [0.1, 0.15) is 18.4 Å². The molecular weight excluding hydrogens is 360 g/mol. The van der Waals surface area contributed by atoms with Crippen molar-refractivity contribution in [2.24, 2.45) is 0 Å². The lowest BCUT2D eigenvalue weighted by molar-refractivity contribution is -0.124. The maximum Gasteiger partial charge on any atom is 0.272 e. The predicted octanol–water partition coefficient (Wildman–Crippen LogP) is 1.29. The first-order valence-corrected chi connectivity index (χ1v) is 8.89. The minimum atomic E-state index is -0.518. The van der Waals surface area contributed by atoms with Crippen LogP contribution in [0.4, 0.5) is 5.69 Å². The van der Waals surface area contributed by atoms with Crippen molar-refractivity contribution in [2.45, 2.75) is 19.3 Å². The van der Waals surface area contributed by atoms with Gasteiger partial charge in [-0.1, -0.05) is 36.4 Å². The number of rotatable bonds is 7. The molecule has 0 saturated heterocycles. The second kappa shape index (κ2) is 8.81. The summed E-state index contributed by atoms with van der Waals surface area (Å²) in [6.45, 7) is -0.221. The van der Waals surface area contributed by atoms with Gasteiger partial charge in [0.1, 0.15) is 0 Å². The molecular formula is C20H20N4O4. The number of carbonyl (C=O) groups excluding carboxylic acids is 2. The first-order valence-electron chi connectivity index (χ1n) is 8.89. The molecule has 0 fully saturated rings. The van der Waals surface area contributed by atoms with E-state index >= 15 is 0 Å². The van der Waals surface area contributed by atoms with Crippen LogP contribution in [0.5, 0.6) is 0 Å². The van der Waals surface area contributed by atoms with Gasteiger partial charge in [0.25, 0.3) is 11.1 Å². The fraction of sp³-hybridized carbons (Fsp3) is 0.200. The van der Waals surface area contributed by atoms with E-state index in [0.29, 0.717) is 12.8 Å². The number of fused-ring (bicyclic) bond motifs is 1. The second-order valence-corrected chi connectivity index (χ2v) is 6.30. The number of nitrogens with one attached hydrogen (secondary N) is 4. The summed E-state index contributed by atoms with van der Waals surface area (Å²) in [5.41, 5.74) is 0.394. The summed E-state index contributed by atoms with van der Waals surface area (Å²) in [4.78, 5) is 47.8. The summed E-state index contributed by atoms with van der Waals surface area (Å²) in [6.07, 6.45) is 1.78. The highest BCUT2D eigenvalue weighted by Gasteiger charge is 2.11. The van der Waals surface area contributed by atoms with Gasteiger partial charge < -0.3 is 10.6 Å². The zero-order valence-electron chi connectivity index (χ0n) is 15.1. The number of carbonyl (C=O) groups is 2. The molecule has 0 spiro atoms. The van der Waals surface area contributed by atoms with E-state index in [1.54, 1.807) is 6.07 Å². The van der Waals surface area contributed by atoms with Crippen LogP contribution in [0.3, 0.4) is 0 Å². The Morgan fingerprint density at radius 3 is 2.39 bits per heavy atom. The molecule has 0 saturated carbocycles. The van der Waals surface area contributed by atoms with E-state index in [2.05, 4.69) is 20.8 Å². The van der Waals surface area contributed by atoms with E-state index in [1.165, 1.54) is 12.1 Å². The van der Waals surface area contributed by atoms with Crippen molar-refractivity contribution in [2.75, 3.05) is 11.9 Å². The second-order valence-electron chi connectivity index (χ2n) is 6.30. The number of aromatic amines is 2. The van der Waals surface area contributed by atoms with Gasteiger partial charge in [-0.05, 0) is 30.5 Å². The summed E-state index contributed by atoms with van der Waals surface area (Å²) in [7, 11) is 0. The molecule has 8 nitrogen and oxygen atoms in total. The third-order valence-electron chi connectivity index (χ3n) is 4.26. The third kappa shape index (κ3) is 4.73. The average molecular weight is 380 g/mol. The number of benzene rings is 2. The SMILES string of the molecule is O=C(CCCc1ccccc1)NCC(=O)Nc1cccc2c(=O)[nH][nH]c(=O)c12. The van der Waals surface area contributed by atoms with Gasteiger partial charge in [0.2, 0.25) is 11.8 Å². The standard InChI is InChI=1S/C20H20N4O4/c25-16(11-4-8-13-6-2-1-3-7-13)21-12-17(26)22-15-10-5-9-14-18(15)20(28)24-23-19(14)27/h1-3,5-7,9-10H,4,8,11-12H2,(H,21,25)(H,22,26)(H,23,27)(H,24,28). The Kier molecular flexibility index (Phi) is 6.01. The molecule has 0 aliphatic heterocycles. The fourth-order valence-corrected chi connectivity index (χ4v) is 2.89. The molecule has 8 heteroatoms. The number of hydrogen-bond acceptors (Lipinski definition) is 4. The van der Waals surface area contributed by atoms with Crippen molar-refractivity contribution in [3.63, 3.8) is 0 Å². The Morgan fingerprint density at radius 2 is 1.61 bits per heavy atom. The van der Waals surface area contributed by atoms with E-state index in [-0.39, 0.29) is 28.9 Å². The van der Waals surface area contributed by atoms with Gasteiger partial charge in [0.15, 0.2) is 0 Å². The number of hydrogen-bond donors (Lipinski definition) is 4. The molecule has 3 aromatic rings. The minimum Gasteiger partial charge on any atom is -0.347 e. The van der Waals surface area contributed by atoms with Crippen molar-refractivity contribution in [3.8, 4) is 0 Å². The maximum atomic E-state index is 12.1. The molecule has 0 aliphatic carbocycles. The van der Waals surface area contributed by atoms with Crippen LogP contribution in [0.15, 0.2) is 58.1 Å². The third-order valence-corrected chi connectivity index (χ3v) is 4.26. The topological polar surface area (TPSA) is 124 Å². The van der Waals surface area contributed by atoms with Crippen LogP contribution >= 0.6 is 0 Å². The number of H-pyrrole nitrogens is 2. The van der Waals surface area contributed by atoms with Crippen molar-refractivity contribution in [3.05, 3.63) is 74.8 Å². The van der Waals surface area contributed by atoms with E-state index in [0.717, 1.165) is 12.0 Å². The van der Waals surface area contributed by atoms with Crippen LogP contribution < -0.4 is 21.8 Å². The minimum absolute atomic E-state index is 0.0915. The van der Waals surface area contributed by atoms with Gasteiger partial charge >= 0.3 is 0 Å².